The van der Waals surface area contributed by atoms with Crippen LogP contribution in [0.15, 0.2) is 48.5 Å². The van der Waals surface area contributed by atoms with Crippen molar-refractivity contribution in [3.63, 3.8) is 0 Å². The largest absolute Gasteiger partial charge is 0.484 e. The van der Waals surface area contributed by atoms with Gasteiger partial charge in [-0.25, -0.2) is 4.39 Å². The average Bonchev–Trinajstić information content (AvgIpc) is 2.60. The summed E-state index contributed by atoms with van der Waals surface area (Å²) in [7, 11) is 0. The highest BCUT2D eigenvalue weighted by Gasteiger charge is 2.06. The molecule has 0 atom stereocenters. The van der Waals surface area contributed by atoms with Gasteiger partial charge in [0.25, 0.3) is 5.91 Å². The molecule has 0 bridgehead atoms. The van der Waals surface area contributed by atoms with Gasteiger partial charge in [0.15, 0.2) is 11.7 Å². The van der Waals surface area contributed by atoms with Gasteiger partial charge in [-0.3, -0.25) is 15.6 Å². The second kappa shape index (κ2) is 8.83. The molecule has 0 aliphatic rings. The maximum Gasteiger partial charge on any atom is 0.276 e. The molecule has 0 spiro atoms. The Balaban J connectivity index is 1.74. The summed E-state index contributed by atoms with van der Waals surface area (Å²) < 4.78 is 18.9. The number of carbonyl (C=O) groups is 1. The second-order valence-corrected chi connectivity index (χ2v) is 5.31. The summed E-state index contributed by atoms with van der Waals surface area (Å²) in [6.07, 6.45) is 0.890. The fraction of sp³-hybridized carbons (Fsp3) is 0.176. The van der Waals surface area contributed by atoms with Gasteiger partial charge in [0.1, 0.15) is 11.6 Å². The van der Waals surface area contributed by atoms with E-state index in [4.69, 9.17) is 17.0 Å². The Labute approximate surface area is 145 Å². The summed E-state index contributed by atoms with van der Waals surface area (Å²) in [6, 6.07) is 13.6. The molecule has 0 radical (unpaired) electrons. The van der Waals surface area contributed by atoms with Crippen LogP contribution in [-0.2, 0) is 11.2 Å². The molecule has 0 aromatic heterocycles. The summed E-state index contributed by atoms with van der Waals surface area (Å²) >= 11 is 4.98. The molecule has 0 heterocycles. The van der Waals surface area contributed by atoms with E-state index >= 15 is 0 Å². The zero-order valence-electron chi connectivity index (χ0n) is 13.1. The predicted molar refractivity (Wildman–Crippen MR) is 95.2 cm³/mol. The molecule has 0 saturated heterocycles. The number of anilines is 1. The van der Waals surface area contributed by atoms with Crippen LogP contribution in [0.1, 0.15) is 12.5 Å². The van der Waals surface area contributed by atoms with E-state index in [1.807, 2.05) is 25.1 Å². The Morgan fingerprint density at radius 2 is 1.96 bits per heavy atom. The summed E-state index contributed by atoms with van der Waals surface area (Å²) in [4.78, 5) is 11.7. The molecule has 0 fully saturated rings. The Bertz CT molecular complexity index is 724. The summed E-state index contributed by atoms with van der Waals surface area (Å²) in [6.45, 7) is 1.88. The summed E-state index contributed by atoms with van der Waals surface area (Å²) in [5, 5.41) is 2.71. The first-order valence-electron chi connectivity index (χ1n) is 7.40. The van der Waals surface area contributed by atoms with Gasteiger partial charge in [-0.2, -0.15) is 0 Å². The van der Waals surface area contributed by atoms with Crippen LogP contribution in [0.5, 0.6) is 5.75 Å². The number of ether oxygens (including phenoxy) is 1. The van der Waals surface area contributed by atoms with Crippen molar-refractivity contribution in [1.82, 2.24) is 10.9 Å². The molecule has 7 heteroatoms. The van der Waals surface area contributed by atoms with Gasteiger partial charge in [0.2, 0.25) is 0 Å². The van der Waals surface area contributed by atoms with Gasteiger partial charge >= 0.3 is 0 Å². The Hall–Kier alpha value is -2.67. The SMILES string of the molecule is CCc1cccc(OCC(=O)NNC(=S)Nc2ccccc2F)c1. The Morgan fingerprint density at radius 3 is 2.71 bits per heavy atom. The van der Waals surface area contributed by atoms with E-state index in [1.54, 1.807) is 18.2 Å². The van der Waals surface area contributed by atoms with Crippen molar-refractivity contribution in [1.29, 1.82) is 0 Å². The number of hydrazine groups is 1. The minimum Gasteiger partial charge on any atom is -0.484 e. The van der Waals surface area contributed by atoms with Crippen LogP contribution in [-0.4, -0.2) is 17.6 Å². The Morgan fingerprint density at radius 1 is 1.17 bits per heavy atom. The molecule has 126 valence electrons. The fourth-order valence-corrected chi connectivity index (χ4v) is 2.04. The van der Waals surface area contributed by atoms with Crippen LogP contribution in [0.2, 0.25) is 0 Å². The lowest BCUT2D eigenvalue weighted by atomic mass is 10.2. The number of hydrogen-bond acceptors (Lipinski definition) is 3. The van der Waals surface area contributed by atoms with E-state index in [0.717, 1.165) is 12.0 Å². The molecular formula is C17H18FN3O2S. The lowest BCUT2D eigenvalue weighted by Crippen LogP contribution is -2.45. The van der Waals surface area contributed by atoms with Crippen molar-refractivity contribution in [2.45, 2.75) is 13.3 Å². The smallest absolute Gasteiger partial charge is 0.276 e. The second-order valence-electron chi connectivity index (χ2n) is 4.90. The van der Waals surface area contributed by atoms with Crippen molar-refractivity contribution in [2.24, 2.45) is 0 Å². The molecule has 0 unspecified atom stereocenters. The first kappa shape index (κ1) is 17.7. The predicted octanol–water partition coefficient (Wildman–Crippen LogP) is 2.78. The van der Waals surface area contributed by atoms with Crippen molar-refractivity contribution >= 4 is 28.9 Å². The normalized spacial score (nSPS) is 9.92. The number of carbonyl (C=O) groups excluding carboxylic acids is 1. The molecule has 0 aliphatic heterocycles. The number of benzene rings is 2. The topological polar surface area (TPSA) is 62.4 Å². The van der Waals surface area contributed by atoms with E-state index < -0.39 is 11.7 Å². The van der Waals surface area contributed by atoms with Crippen molar-refractivity contribution < 1.29 is 13.9 Å². The van der Waals surface area contributed by atoms with E-state index in [1.165, 1.54) is 12.1 Å². The number of thiocarbonyl (C=S) groups is 1. The molecule has 0 aliphatic carbocycles. The fourth-order valence-electron chi connectivity index (χ4n) is 1.88. The van der Waals surface area contributed by atoms with Gasteiger partial charge in [-0.1, -0.05) is 31.2 Å². The van der Waals surface area contributed by atoms with Crippen LogP contribution in [0.3, 0.4) is 0 Å². The number of para-hydroxylation sites is 1. The number of aryl methyl sites for hydroxylation is 1. The summed E-state index contributed by atoms with van der Waals surface area (Å²) in [5.74, 6) is -0.224. The minimum absolute atomic E-state index is 0.0708. The van der Waals surface area contributed by atoms with Crippen molar-refractivity contribution in [3.8, 4) is 5.75 Å². The highest BCUT2D eigenvalue weighted by molar-refractivity contribution is 7.80. The van der Waals surface area contributed by atoms with E-state index in [0.29, 0.717) is 5.75 Å². The first-order valence-corrected chi connectivity index (χ1v) is 7.81. The number of amides is 1. The third-order valence-electron chi connectivity index (χ3n) is 3.11. The van der Waals surface area contributed by atoms with Crippen molar-refractivity contribution in [2.75, 3.05) is 11.9 Å². The molecule has 24 heavy (non-hydrogen) atoms. The third kappa shape index (κ3) is 5.51. The number of halogens is 1. The molecular weight excluding hydrogens is 329 g/mol. The number of hydrogen-bond donors (Lipinski definition) is 3. The van der Waals surface area contributed by atoms with Crippen LogP contribution in [0.4, 0.5) is 10.1 Å². The maximum absolute atomic E-state index is 13.5. The highest BCUT2D eigenvalue weighted by Crippen LogP contribution is 2.13. The van der Waals surface area contributed by atoms with Crippen LogP contribution in [0, 0.1) is 5.82 Å². The Kier molecular flexibility index (Phi) is 6.51. The van der Waals surface area contributed by atoms with Gasteiger partial charge in [0.05, 0.1) is 5.69 Å². The van der Waals surface area contributed by atoms with Crippen LogP contribution < -0.4 is 20.9 Å². The van der Waals surface area contributed by atoms with Gasteiger partial charge < -0.3 is 10.1 Å². The lowest BCUT2D eigenvalue weighted by molar-refractivity contribution is -0.123. The molecule has 2 rings (SSSR count). The average molecular weight is 347 g/mol. The van der Waals surface area contributed by atoms with Crippen LogP contribution >= 0.6 is 12.2 Å². The zero-order valence-corrected chi connectivity index (χ0v) is 14.0. The minimum atomic E-state index is -0.438. The highest BCUT2D eigenvalue weighted by atomic mass is 32.1. The van der Waals surface area contributed by atoms with E-state index in [2.05, 4.69) is 16.2 Å². The lowest BCUT2D eigenvalue weighted by Gasteiger charge is -2.12. The maximum atomic E-state index is 13.5. The quantitative estimate of drug-likeness (QED) is 0.573. The zero-order chi connectivity index (χ0) is 17.4. The molecule has 2 aromatic rings. The summed E-state index contributed by atoms with van der Waals surface area (Å²) in [5.41, 5.74) is 6.22. The van der Waals surface area contributed by atoms with Gasteiger partial charge in [0, 0.05) is 0 Å². The number of rotatable bonds is 5. The van der Waals surface area contributed by atoms with Crippen LogP contribution in [0.25, 0.3) is 0 Å². The van der Waals surface area contributed by atoms with Gasteiger partial charge in [-0.05, 0) is 48.5 Å². The van der Waals surface area contributed by atoms with Gasteiger partial charge in [-0.15, -0.1) is 0 Å². The molecule has 3 N–H and O–H groups in total. The molecule has 0 saturated carbocycles. The van der Waals surface area contributed by atoms with E-state index in [-0.39, 0.29) is 17.4 Å². The monoisotopic (exact) mass is 347 g/mol. The molecule has 2 aromatic carbocycles. The third-order valence-corrected chi connectivity index (χ3v) is 3.32. The standard InChI is InChI=1S/C17H18FN3O2S/c1-2-12-6-5-7-13(10-12)23-11-16(22)20-21-17(24)19-15-9-4-3-8-14(15)18/h3-10H,2,11H2,1H3,(H,20,22)(H2,19,21,24). The van der Waals surface area contributed by atoms with E-state index in [9.17, 15) is 9.18 Å². The first-order chi connectivity index (χ1) is 11.6. The molecule has 5 nitrogen and oxygen atoms in total. The molecule has 1 amide bonds. The van der Waals surface area contributed by atoms with Crippen molar-refractivity contribution in [3.05, 3.63) is 59.9 Å². The number of nitrogens with one attached hydrogen (secondary N) is 3.